The summed E-state index contributed by atoms with van der Waals surface area (Å²) in [6.45, 7) is 9.26. The van der Waals surface area contributed by atoms with Crippen molar-refractivity contribution in [2.24, 2.45) is 0 Å². The zero-order chi connectivity index (χ0) is 12.8. The van der Waals surface area contributed by atoms with Gasteiger partial charge in [0.15, 0.2) is 17.4 Å². The minimum absolute atomic E-state index is 0. The van der Waals surface area contributed by atoms with Gasteiger partial charge in [-0.15, -0.1) is 0 Å². The zero-order valence-corrected chi connectivity index (χ0v) is 10.9. The van der Waals surface area contributed by atoms with Gasteiger partial charge in [0.2, 0.25) is 0 Å². The van der Waals surface area contributed by atoms with Crippen LogP contribution in [0, 0.1) is 0 Å². The minimum Gasteiger partial charge on any atom is -0.477 e. The Balaban J connectivity index is 0. The van der Waals surface area contributed by atoms with Gasteiger partial charge in [0.25, 0.3) is 5.79 Å². The summed E-state index contributed by atoms with van der Waals surface area (Å²) in [5, 5.41) is 9.30. The van der Waals surface area contributed by atoms with E-state index in [2.05, 4.69) is 0 Å². The molecule has 0 heterocycles. The van der Waals surface area contributed by atoms with Crippen LogP contribution in [0.5, 0.6) is 0 Å². The minimum atomic E-state index is -1.49. The third kappa shape index (κ3) is 7.05. The van der Waals surface area contributed by atoms with Crippen molar-refractivity contribution in [1.29, 1.82) is 0 Å². The summed E-state index contributed by atoms with van der Waals surface area (Å²) >= 11 is 0. The highest BCUT2D eigenvalue weighted by Crippen LogP contribution is 2.25. The van der Waals surface area contributed by atoms with Crippen LogP contribution < -0.4 is 0 Å². The van der Waals surface area contributed by atoms with Crippen molar-refractivity contribution in [3.05, 3.63) is 0 Å². The summed E-state index contributed by atoms with van der Waals surface area (Å²) < 4.78 is 11.0. The molecule has 17 heavy (non-hydrogen) atoms. The van der Waals surface area contributed by atoms with Crippen molar-refractivity contribution in [1.82, 2.24) is 0 Å². The topological polar surface area (TPSA) is 55.8 Å². The van der Waals surface area contributed by atoms with Gasteiger partial charge < -0.3 is 14.6 Å². The van der Waals surface area contributed by atoms with E-state index in [9.17, 15) is 9.90 Å². The summed E-state index contributed by atoms with van der Waals surface area (Å²) in [5.74, 6) is -2.53. The van der Waals surface area contributed by atoms with Crippen molar-refractivity contribution in [3.63, 3.8) is 0 Å². The lowest BCUT2D eigenvalue weighted by Crippen LogP contribution is -2.47. The Hall–Kier alpha value is -0.0775. The van der Waals surface area contributed by atoms with E-state index in [4.69, 9.17) is 9.47 Å². The Kier molecular flexibility index (Phi) is 10.1. The van der Waals surface area contributed by atoms with Crippen molar-refractivity contribution < 1.29 is 19.4 Å². The molecule has 0 spiro atoms. The van der Waals surface area contributed by atoms with Gasteiger partial charge in [-0.3, -0.25) is 0 Å². The molecule has 0 aromatic heterocycles. The van der Waals surface area contributed by atoms with E-state index >= 15 is 0 Å². The smallest absolute Gasteiger partial charge is 0.364 e. The molecule has 0 saturated carbocycles. The van der Waals surface area contributed by atoms with Crippen molar-refractivity contribution in [2.45, 2.75) is 71.9 Å². The second kappa shape index (κ2) is 8.93. The van der Waals surface area contributed by atoms with Gasteiger partial charge in [-0.2, -0.15) is 0 Å². The molecule has 0 rings (SSSR count). The first-order valence-electron chi connectivity index (χ1n) is 5.93. The predicted molar refractivity (Wildman–Crippen MR) is 72.3 cm³/mol. The summed E-state index contributed by atoms with van der Waals surface area (Å²) in [7, 11) is 0. The van der Waals surface area contributed by atoms with E-state index in [-0.39, 0.29) is 29.6 Å². The lowest BCUT2D eigenvalue weighted by atomic mass is 10.1. The molecule has 0 atom stereocenters. The number of rotatable bonds is 8. The van der Waals surface area contributed by atoms with E-state index in [1.54, 1.807) is 0 Å². The molecule has 1 N–H and O–H groups in total. The number of unbranched alkanes of at least 4 members (excludes halogenated alkanes) is 1. The summed E-state index contributed by atoms with van der Waals surface area (Å²) in [5.41, 5.74) is 0. The quantitative estimate of drug-likeness (QED) is 0.533. The maximum atomic E-state index is 11.3. The Bertz CT molecular complexity index is 207. The van der Waals surface area contributed by atoms with Crippen LogP contribution in [0.25, 0.3) is 0 Å². The molecule has 4 nitrogen and oxygen atoms in total. The SMILES string of the molecule is CCCCC(OC(C)C)(OC(C)C)C(=O)O.[AlH3]. The Morgan fingerprint density at radius 2 is 1.59 bits per heavy atom. The second-order valence-electron chi connectivity index (χ2n) is 4.49. The molecule has 0 aliphatic carbocycles. The number of ether oxygens (including phenoxy) is 2. The second-order valence-corrected chi connectivity index (χ2v) is 4.49. The van der Waals surface area contributed by atoms with Crippen LogP contribution in [0.3, 0.4) is 0 Å². The molecule has 0 aromatic rings. The van der Waals surface area contributed by atoms with E-state index in [0.29, 0.717) is 6.42 Å². The van der Waals surface area contributed by atoms with Gasteiger partial charge in [-0.25, -0.2) is 4.79 Å². The van der Waals surface area contributed by atoms with E-state index in [1.165, 1.54) is 0 Å². The molecular weight excluding hydrogens is 235 g/mol. The summed E-state index contributed by atoms with van der Waals surface area (Å²) in [6, 6.07) is 0. The van der Waals surface area contributed by atoms with E-state index in [0.717, 1.165) is 12.8 Å². The molecule has 0 radical (unpaired) electrons. The highest BCUT2D eigenvalue weighted by molar-refractivity contribution is 5.76. The molecule has 0 aliphatic rings. The first-order chi connectivity index (χ1) is 7.34. The molecular formula is C12H27AlO4. The van der Waals surface area contributed by atoms with Gasteiger partial charge in [-0.1, -0.05) is 13.3 Å². The molecule has 102 valence electrons. The fraction of sp³-hybridized carbons (Fsp3) is 0.917. The first kappa shape index (κ1) is 19.3. The molecule has 0 aromatic carbocycles. The summed E-state index contributed by atoms with van der Waals surface area (Å²) in [4.78, 5) is 11.3. The Morgan fingerprint density at radius 1 is 1.18 bits per heavy atom. The average molecular weight is 262 g/mol. The lowest BCUT2D eigenvalue weighted by Gasteiger charge is -2.33. The number of aliphatic carboxylic acids is 1. The highest BCUT2D eigenvalue weighted by atomic mass is 27.0. The van der Waals surface area contributed by atoms with Gasteiger partial charge in [-0.05, 0) is 34.1 Å². The van der Waals surface area contributed by atoms with Crippen LogP contribution in [-0.2, 0) is 14.3 Å². The number of hydrogen-bond donors (Lipinski definition) is 1. The Morgan fingerprint density at radius 3 is 1.82 bits per heavy atom. The highest BCUT2D eigenvalue weighted by Gasteiger charge is 2.42. The third-order valence-corrected chi connectivity index (χ3v) is 2.04. The predicted octanol–water partition coefficient (Wildman–Crippen LogP) is 1.62. The third-order valence-electron chi connectivity index (χ3n) is 2.04. The molecule has 0 aliphatic heterocycles. The molecule has 0 bridgehead atoms. The van der Waals surface area contributed by atoms with Gasteiger partial charge in [0, 0.05) is 6.42 Å². The van der Waals surface area contributed by atoms with Crippen LogP contribution >= 0.6 is 0 Å². The largest absolute Gasteiger partial charge is 0.477 e. The molecule has 0 saturated heterocycles. The zero-order valence-electron chi connectivity index (χ0n) is 10.9. The van der Waals surface area contributed by atoms with Crippen LogP contribution in [0.4, 0.5) is 0 Å². The van der Waals surface area contributed by atoms with Crippen LogP contribution in [-0.4, -0.2) is 46.4 Å². The first-order valence-corrected chi connectivity index (χ1v) is 5.93. The fourth-order valence-corrected chi connectivity index (χ4v) is 1.52. The van der Waals surface area contributed by atoms with Crippen molar-refractivity contribution >= 4 is 23.3 Å². The van der Waals surface area contributed by atoms with Crippen LogP contribution in [0.1, 0.15) is 53.9 Å². The maximum absolute atomic E-state index is 11.3. The van der Waals surface area contributed by atoms with Gasteiger partial charge >= 0.3 is 5.97 Å². The monoisotopic (exact) mass is 262 g/mol. The van der Waals surface area contributed by atoms with Crippen molar-refractivity contribution in [2.75, 3.05) is 0 Å². The van der Waals surface area contributed by atoms with E-state index in [1.807, 2.05) is 34.6 Å². The fourth-order valence-electron chi connectivity index (χ4n) is 1.52. The lowest BCUT2D eigenvalue weighted by molar-refractivity contribution is -0.270. The normalized spacial score (nSPS) is 11.7. The number of carboxylic acids is 1. The molecule has 5 heteroatoms. The molecule has 0 unspecified atom stereocenters. The number of carbonyl (C=O) groups is 1. The van der Waals surface area contributed by atoms with Gasteiger partial charge in [0.1, 0.15) is 0 Å². The van der Waals surface area contributed by atoms with E-state index < -0.39 is 11.8 Å². The summed E-state index contributed by atoms with van der Waals surface area (Å²) in [6.07, 6.45) is 1.72. The Labute approximate surface area is 115 Å². The molecule has 0 amide bonds. The molecule has 0 fully saturated rings. The van der Waals surface area contributed by atoms with Gasteiger partial charge in [0.05, 0.1) is 12.2 Å². The maximum Gasteiger partial charge on any atom is 0.364 e. The van der Waals surface area contributed by atoms with Crippen LogP contribution in [0.15, 0.2) is 0 Å². The van der Waals surface area contributed by atoms with Crippen LogP contribution in [0.2, 0.25) is 0 Å². The average Bonchev–Trinajstić information content (AvgIpc) is 2.11. The number of carboxylic acid groups (broad SMARTS) is 1. The van der Waals surface area contributed by atoms with Crippen molar-refractivity contribution in [3.8, 4) is 0 Å². The standard InChI is InChI=1S/C12H24O4.Al.3H/c1-6-7-8-12(11(13)14,15-9(2)3)16-10(4)5;;;;/h9-10H,6-8H2,1-5H3,(H,13,14);;;;. The number of hydrogen-bond acceptors (Lipinski definition) is 3.